The van der Waals surface area contributed by atoms with Gasteiger partial charge in [-0.2, -0.15) is 0 Å². The number of carbonyl (C=O) groups is 2. The fourth-order valence-electron chi connectivity index (χ4n) is 2.98. The van der Waals surface area contributed by atoms with Gasteiger partial charge in [-0.25, -0.2) is 4.79 Å². The summed E-state index contributed by atoms with van der Waals surface area (Å²) in [4.78, 5) is 42.9. The quantitative estimate of drug-likeness (QED) is 0.665. The summed E-state index contributed by atoms with van der Waals surface area (Å²) in [7, 11) is 0. The van der Waals surface area contributed by atoms with Crippen molar-refractivity contribution in [1.82, 2.24) is 9.97 Å². The van der Waals surface area contributed by atoms with Crippen molar-refractivity contribution >= 4 is 34.2 Å². The van der Waals surface area contributed by atoms with Gasteiger partial charge in [0.15, 0.2) is 6.10 Å². The number of hydrogen-bond acceptors (Lipinski definition) is 4. The standard InChI is InChI=1S/C18H16N4O4/c1-10-17(24)22(14-4-2-3-5-15(14)26-10)9-16(23)19-11-6-7-12-13(8-11)21-18(25)20-12/h2-8,10H,9H2,1H3,(H,19,23)(H2,20,21,25)/t10-/m1/s1. The molecule has 1 aliphatic heterocycles. The van der Waals surface area contributed by atoms with Crippen molar-refractivity contribution < 1.29 is 14.3 Å². The van der Waals surface area contributed by atoms with Crippen molar-refractivity contribution in [3.05, 3.63) is 52.9 Å². The molecule has 8 nitrogen and oxygen atoms in total. The fraction of sp³-hybridized carbons (Fsp3) is 0.167. The monoisotopic (exact) mass is 352 g/mol. The minimum absolute atomic E-state index is 0.134. The van der Waals surface area contributed by atoms with Gasteiger partial charge in [-0.1, -0.05) is 12.1 Å². The summed E-state index contributed by atoms with van der Waals surface area (Å²) in [6.45, 7) is 1.52. The molecule has 2 heterocycles. The number of hydrogen-bond donors (Lipinski definition) is 3. The number of nitrogens with zero attached hydrogens (tertiary/aromatic N) is 1. The number of carbonyl (C=O) groups excluding carboxylic acids is 2. The third-order valence-corrected chi connectivity index (χ3v) is 4.18. The first-order valence-corrected chi connectivity index (χ1v) is 8.10. The fourth-order valence-corrected chi connectivity index (χ4v) is 2.98. The summed E-state index contributed by atoms with van der Waals surface area (Å²) >= 11 is 0. The van der Waals surface area contributed by atoms with Crippen molar-refractivity contribution in [2.45, 2.75) is 13.0 Å². The average Bonchev–Trinajstić information content (AvgIpc) is 2.98. The molecule has 1 atom stereocenters. The number of ether oxygens (including phenoxy) is 1. The van der Waals surface area contributed by atoms with Gasteiger partial charge in [0.1, 0.15) is 12.3 Å². The molecule has 0 unspecified atom stereocenters. The molecule has 0 radical (unpaired) electrons. The summed E-state index contributed by atoms with van der Waals surface area (Å²) in [5.41, 5.74) is 2.03. The lowest BCUT2D eigenvalue weighted by Crippen LogP contribution is -2.47. The maximum Gasteiger partial charge on any atom is 0.323 e. The van der Waals surface area contributed by atoms with Crippen LogP contribution in [0.5, 0.6) is 5.75 Å². The van der Waals surface area contributed by atoms with Crippen LogP contribution in [0, 0.1) is 0 Å². The molecule has 0 saturated heterocycles. The summed E-state index contributed by atoms with van der Waals surface area (Å²) < 4.78 is 5.56. The topological polar surface area (TPSA) is 107 Å². The van der Waals surface area contributed by atoms with E-state index in [1.54, 1.807) is 43.3 Å². The number of nitrogens with one attached hydrogen (secondary N) is 3. The van der Waals surface area contributed by atoms with E-state index in [2.05, 4.69) is 15.3 Å². The second kappa shape index (κ2) is 6.07. The molecule has 0 spiro atoms. The number of aromatic nitrogens is 2. The minimum Gasteiger partial charge on any atom is -0.479 e. The van der Waals surface area contributed by atoms with E-state index in [0.717, 1.165) is 0 Å². The molecule has 0 bridgehead atoms. The van der Waals surface area contributed by atoms with Crippen molar-refractivity contribution in [3.63, 3.8) is 0 Å². The van der Waals surface area contributed by atoms with Crippen molar-refractivity contribution in [1.29, 1.82) is 0 Å². The highest BCUT2D eigenvalue weighted by atomic mass is 16.5. The zero-order chi connectivity index (χ0) is 18.3. The molecule has 2 aromatic carbocycles. The first-order valence-electron chi connectivity index (χ1n) is 8.10. The van der Waals surface area contributed by atoms with Crippen molar-refractivity contribution in [2.24, 2.45) is 0 Å². The van der Waals surface area contributed by atoms with E-state index >= 15 is 0 Å². The lowest BCUT2D eigenvalue weighted by atomic mass is 10.2. The van der Waals surface area contributed by atoms with Crippen molar-refractivity contribution in [2.75, 3.05) is 16.8 Å². The zero-order valence-corrected chi connectivity index (χ0v) is 13.9. The van der Waals surface area contributed by atoms with Crippen molar-refractivity contribution in [3.8, 4) is 5.75 Å². The first kappa shape index (κ1) is 15.9. The third-order valence-electron chi connectivity index (χ3n) is 4.18. The number of rotatable bonds is 3. The smallest absolute Gasteiger partial charge is 0.323 e. The number of benzene rings is 2. The molecule has 0 aliphatic carbocycles. The van der Waals surface area contributed by atoms with Gasteiger partial charge in [0, 0.05) is 5.69 Å². The van der Waals surface area contributed by atoms with Gasteiger partial charge < -0.3 is 20.0 Å². The molecule has 1 aromatic heterocycles. The van der Waals surface area contributed by atoms with Gasteiger partial charge in [-0.15, -0.1) is 0 Å². The van der Waals surface area contributed by atoms with E-state index in [9.17, 15) is 14.4 Å². The van der Waals surface area contributed by atoms with Crippen LogP contribution in [-0.4, -0.2) is 34.4 Å². The molecule has 0 saturated carbocycles. The molecular formula is C18H16N4O4. The van der Waals surface area contributed by atoms with E-state index in [1.165, 1.54) is 4.90 Å². The number of para-hydroxylation sites is 2. The van der Waals surface area contributed by atoms with Crippen LogP contribution in [-0.2, 0) is 9.59 Å². The van der Waals surface area contributed by atoms with Crippen LogP contribution in [0.25, 0.3) is 11.0 Å². The second-order valence-corrected chi connectivity index (χ2v) is 6.04. The van der Waals surface area contributed by atoms with Crippen LogP contribution in [0.2, 0.25) is 0 Å². The number of fused-ring (bicyclic) bond motifs is 2. The predicted molar refractivity (Wildman–Crippen MR) is 96.4 cm³/mol. The summed E-state index contributed by atoms with van der Waals surface area (Å²) in [6.07, 6.45) is -0.654. The van der Waals surface area contributed by atoms with E-state index in [1.807, 2.05) is 6.07 Å². The molecule has 26 heavy (non-hydrogen) atoms. The van der Waals surface area contributed by atoms with Crippen LogP contribution in [0.15, 0.2) is 47.3 Å². The van der Waals surface area contributed by atoms with Gasteiger partial charge in [-0.3, -0.25) is 14.5 Å². The van der Waals surface area contributed by atoms with Crippen LogP contribution in [0.3, 0.4) is 0 Å². The average molecular weight is 352 g/mol. The number of H-pyrrole nitrogens is 2. The third kappa shape index (κ3) is 2.81. The maximum atomic E-state index is 12.5. The molecule has 3 N–H and O–H groups in total. The SMILES string of the molecule is C[C@H]1Oc2ccccc2N(CC(=O)Nc2ccc3[nH]c(=O)[nH]c3c2)C1=O. The molecule has 4 rings (SSSR count). The molecule has 2 amide bonds. The molecule has 132 valence electrons. The Labute approximate surface area is 147 Å². The maximum absolute atomic E-state index is 12.5. The van der Waals surface area contributed by atoms with Gasteiger partial charge in [0.2, 0.25) is 5.91 Å². The minimum atomic E-state index is -0.654. The molecule has 3 aromatic rings. The normalized spacial score (nSPS) is 16.3. The number of amides is 2. The summed E-state index contributed by atoms with van der Waals surface area (Å²) in [5.74, 6) is -0.0533. The van der Waals surface area contributed by atoms with Gasteiger partial charge >= 0.3 is 5.69 Å². The Morgan fingerprint density at radius 2 is 1.92 bits per heavy atom. The Bertz CT molecular complexity index is 1070. The Morgan fingerprint density at radius 3 is 2.77 bits per heavy atom. The lowest BCUT2D eigenvalue weighted by Gasteiger charge is -2.32. The predicted octanol–water partition coefficient (Wildman–Crippen LogP) is 1.61. The molecule has 8 heteroatoms. The highest BCUT2D eigenvalue weighted by molar-refractivity contribution is 6.06. The Morgan fingerprint density at radius 1 is 1.15 bits per heavy atom. The first-order chi connectivity index (χ1) is 12.5. The zero-order valence-electron chi connectivity index (χ0n) is 13.9. The largest absolute Gasteiger partial charge is 0.479 e. The number of imidazole rings is 1. The van der Waals surface area contributed by atoms with Crippen LogP contribution < -0.4 is 20.6 Å². The Hall–Kier alpha value is -3.55. The van der Waals surface area contributed by atoms with Gasteiger partial charge in [-0.05, 0) is 37.3 Å². The Kier molecular flexibility index (Phi) is 3.72. The molecule has 0 fully saturated rings. The summed E-state index contributed by atoms with van der Waals surface area (Å²) in [5, 5.41) is 2.75. The van der Waals surface area contributed by atoms with E-state index in [0.29, 0.717) is 28.2 Å². The van der Waals surface area contributed by atoms with Gasteiger partial charge in [0.25, 0.3) is 5.91 Å². The summed E-state index contributed by atoms with van der Waals surface area (Å²) in [6, 6.07) is 12.1. The van der Waals surface area contributed by atoms with Crippen LogP contribution in [0.1, 0.15) is 6.92 Å². The van der Waals surface area contributed by atoms with Crippen LogP contribution in [0.4, 0.5) is 11.4 Å². The van der Waals surface area contributed by atoms with Gasteiger partial charge in [0.05, 0.1) is 16.7 Å². The molecule has 1 aliphatic rings. The number of aromatic amines is 2. The van der Waals surface area contributed by atoms with E-state index < -0.39 is 6.10 Å². The second-order valence-electron chi connectivity index (χ2n) is 6.04. The number of anilines is 2. The van der Waals surface area contributed by atoms with E-state index in [-0.39, 0.29) is 24.0 Å². The van der Waals surface area contributed by atoms with E-state index in [4.69, 9.17) is 4.74 Å². The highest BCUT2D eigenvalue weighted by Crippen LogP contribution is 2.33. The highest BCUT2D eigenvalue weighted by Gasteiger charge is 2.32. The Balaban J connectivity index is 1.55. The molecular weight excluding hydrogens is 336 g/mol. The lowest BCUT2D eigenvalue weighted by molar-refractivity contribution is -0.127. The van der Waals surface area contributed by atoms with Crippen LogP contribution >= 0.6 is 0 Å².